The van der Waals surface area contributed by atoms with Gasteiger partial charge in [-0.1, -0.05) is 23.7 Å². The minimum absolute atomic E-state index is 0.378. The third-order valence-electron chi connectivity index (χ3n) is 3.91. The van der Waals surface area contributed by atoms with Gasteiger partial charge in [-0.2, -0.15) is 5.26 Å². The molecule has 5 nitrogen and oxygen atoms in total. The fourth-order valence-electron chi connectivity index (χ4n) is 2.43. The average Bonchev–Trinajstić information content (AvgIpc) is 3.27. The van der Waals surface area contributed by atoms with Gasteiger partial charge >= 0.3 is 5.97 Å². The largest absolute Gasteiger partial charge is 0.455 e. The van der Waals surface area contributed by atoms with Gasteiger partial charge in [0.1, 0.15) is 11.1 Å². The Morgan fingerprint density at radius 3 is 2.62 bits per heavy atom. The third-order valence-corrected chi connectivity index (χ3v) is 4.99. The molecule has 1 heterocycles. The van der Waals surface area contributed by atoms with Crippen LogP contribution in [0, 0.1) is 11.3 Å². The number of halogens is 1. The molecule has 1 aliphatic carbocycles. The van der Waals surface area contributed by atoms with Crippen LogP contribution in [0.25, 0.3) is 0 Å². The third kappa shape index (κ3) is 3.28. The Bertz CT molecular complexity index is 819. The number of benzene rings is 1. The first kappa shape index (κ1) is 16.5. The standard InChI is InChI=1S/C17H13ClN2O3S/c18-13-3-1-12(2-4-13)17(6-7-17)16(22)23-10-14(21)20-15-11(9-19)5-8-24-15/h1-5,8H,6-7,10H2,(H,20,21). The molecule has 1 saturated carbocycles. The van der Waals surface area contributed by atoms with Crippen molar-refractivity contribution in [3.8, 4) is 6.07 Å². The van der Waals surface area contributed by atoms with Gasteiger partial charge in [0.25, 0.3) is 5.91 Å². The molecule has 0 atom stereocenters. The van der Waals surface area contributed by atoms with Crippen LogP contribution in [0.5, 0.6) is 0 Å². The predicted octanol–water partition coefficient (Wildman–Crippen LogP) is 3.49. The molecule has 122 valence electrons. The molecule has 0 radical (unpaired) electrons. The van der Waals surface area contributed by atoms with E-state index in [9.17, 15) is 9.59 Å². The summed E-state index contributed by atoms with van der Waals surface area (Å²) < 4.78 is 5.18. The van der Waals surface area contributed by atoms with Gasteiger partial charge in [0.15, 0.2) is 6.61 Å². The number of nitriles is 1. The number of hydrogen-bond donors (Lipinski definition) is 1. The smallest absolute Gasteiger partial charge is 0.317 e. The van der Waals surface area contributed by atoms with E-state index in [1.165, 1.54) is 11.3 Å². The highest BCUT2D eigenvalue weighted by Gasteiger charge is 2.52. The Morgan fingerprint density at radius 1 is 1.29 bits per heavy atom. The number of nitrogens with zero attached hydrogens (tertiary/aromatic N) is 1. The van der Waals surface area contributed by atoms with E-state index in [1.54, 1.807) is 23.6 Å². The van der Waals surface area contributed by atoms with Crippen molar-refractivity contribution in [2.45, 2.75) is 18.3 Å². The quantitative estimate of drug-likeness (QED) is 0.828. The maximum atomic E-state index is 12.4. The Labute approximate surface area is 147 Å². The Morgan fingerprint density at radius 2 is 2.00 bits per heavy atom. The maximum Gasteiger partial charge on any atom is 0.317 e. The zero-order valence-electron chi connectivity index (χ0n) is 12.5. The van der Waals surface area contributed by atoms with E-state index < -0.39 is 17.3 Å². The number of esters is 1. The van der Waals surface area contributed by atoms with Crippen LogP contribution >= 0.6 is 22.9 Å². The summed E-state index contributed by atoms with van der Waals surface area (Å²) in [5, 5.41) is 14.3. The van der Waals surface area contributed by atoms with Crippen molar-refractivity contribution in [1.29, 1.82) is 5.26 Å². The molecule has 24 heavy (non-hydrogen) atoms. The second kappa shape index (κ2) is 6.63. The van der Waals surface area contributed by atoms with Crippen LogP contribution in [0.4, 0.5) is 5.00 Å². The summed E-state index contributed by atoms with van der Waals surface area (Å²) in [6, 6.07) is 10.7. The molecule has 1 N–H and O–H groups in total. The summed E-state index contributed by atoms with van der Waals surface area (Å²) >= 11 is 7.11. The number of hydrogen-bond acceptors (Lipinski definition) is 5. The normalized spacial score (nSPS) is 14.5. The Balaban J connectivity index is 1.58. The minimum atomic E-state index is -0.661. The van der Waals surface area contributed by atoms with Gasteiger partial charge in [-0.3, -0.25) is 9.59 Å². The molecular weight excluding hydrogens is 348 g/mol. The van der Waals surface area contributed by atoms with E-state index in [2.05, 4.69) is 5.32 Å². The van der Waals surface area contributed by atoms with E-state index in [0.717, 1.165) is 5.56 Å². The first-order valence-corrected chi connectivity index (χ1v) is 8.52. The van der Waals surface area contributed by atoms with Gasteiger partial charge in [0.05, 0.1) is 11.0 Å². The number of amides is 1. The lowest BCUT2D eigenvalue weighted by Crippen LogP contribution is -2.28. The molecule has 0 aliphatic heterocycles. The summed E-state index contributed by atoms with van der Waals surface area (Å²) in [6.07, 6.45) is 1.39. The lowest BCUT2D eigenvalue weighted by molar-refractivity contribution is -0.150. The van der Waals surface area contributed by atoms with Crippen molar-refractivity contribution in [3.05, 3.63) is 51.9 Å². The predicted molar refractivity (Wildman–Crippen MR) is 91.0 cm³/mol. The van der Waals surface area contributed by atoms with Gasteiger partial charge in [-0.05, 0) is 42.0 Å². The molecule has 1 aromatic carbocycles. The fraction of sp³-hybridized carbons (Fsp3) is 0.235. The van der Waals surface area contributed by atoms with Crippen LogP contribution in [0.1, 0.15) is 24.0 Å². The lowest BCUT2D eigenvalue weighted by atomic mass is 9.96. The van der Waals surface area contributed by atoms with Gasteiger partial charge < -0.3 is 10.1 Å². The highest BCUT2D eigenvalue weighted by molar-refractivity contribution is 7.14. The second-order valence-electron chi connectivity index (χ2n) is 5.49. The zero-order chi connectivity index (χ0) is 17.2. The average molecular weight is 361 g/mol. The van der Waals surface area contributed by atoms with Crippen molar-refractivity contribution in [1.82, 2.24) is 0 Å². The topological polar surface area (TPSA) is 79.2 Å². The molecular formula is C17H13ClN2O3S. The molecule has 0 spiro atoms. The summed E-state index contributed by atoms with van der Waals surface area (Å²) in [5.74, 6) is -0.874. The molecule has 0 saturated heterocycles. The fourth-order valence-corrected chi connectivity index (χ4v) is 3.31. The monoisotopic (exact) mass is 360 g/mol. The molecule has 1 fully saturated rings. The number of carbonyl (C=O) groups is 2. The SMILES string of the molecule is N#Cc1ccsc1NC(=O)COC(=O)C1(c2ccc(Cl)cc2)CC1. The highest BCUT2D eigenvalue weighted by atomic mass is 35.5. The van der Waals surface area contributed by atoms with Crippen molar-refractivity contribution in [3.63, 3.8) is 0 Å². The number of ether oxygens (including phenoxy) is 1. The van der Waals surface area contributed by atoms with E-state index in [0.29, 0.717) is 28.4 Å². The van der Waals surface area contributed by atoms with Gasteiger partial charge in [0, 0.05) is 5.02 Å². The van der Waals surface area contributed by atoms with Gasteiger partial charge in [-0.25, -0.2) is 0 Å². The molecule has 0 unspecified atom stereocenters. The van der Waals surface area contributed by atoms with E-state index in [-0.39, 0.29) is 6.61 Å². The van der Waals surface area contributed by atoms with Gasteiger partial charge in [0.2, 0.25) is 0 Å². The first-order chi connectivity index (χ1) is 11.5. The summed E-state index contributed by atoms with van der Waals surface area (Å²) in [7, 11) is 0. The summed E-state index contributed by atoms with van der Waals surface area (Å²) in [6.45, 7) is -0.378. The molecule has 0 bridgehead atoms. The van der Waals surface area contributed by atoms with Crippen molar-refractivity contribution < 1.29 is 14.3 Å². The summed E-state index contributed by atoms with van der Waals surface area (Å²) in [5.41, 5.74) is 0.577. The van der Waals surface area contributed by atoms with Crippen LogP contribution in [0.3, 0.4) is 0 Å². The molecule has 3 rings (SSSR count). The van der Waals surface area contributed by atoms with Crippen molar-refractivity contribution in [2.24, 2.45) is 0 Å². The van der Waals surface area contributed by atoms with Crippen LogP contribution in [0.2, 0.25) is 5.02 Å². The Kier molecular flexibility index (Phi) is 4.56. The minimum Gasteiger partial charge on any atom is -0.455 e. The molecule has 7 heteroatoms. The van der Waals surface area contributed by atoms with E-state index in [4.69, 9.17) is 21.6 Å². The molecule has 1 amide bonds. The molecule has 1 aliphatic rings. The number of carbonyl (C=O) groups excluding carboxylic acids is 2. The summed E-state index contributed by atoms with van der Waals surface area (Å²) in [4.78, 5) is 24.3. The van der Waals surface area contributed by atoms with Crippen LogP contribution in [-0.4, -0.2) is 18.5 Å². The molecule has 1 aromatic heterocycles. The number of thiophene rings is 1. The van der Waals surface area contributed by atoms with E-state index >= 15 is 0 Å². The number of nitrogens with one attached hydrogen (secondary N) is 1. The Hall–Kier alpha value is -2.36. The number of rotatable bonds is 5. The van der Waals surface area contributed by atoms with E-state index in [1.807, 2.05) is 18.2 Å². The zero-order valence-corrected chi connectivity index (χ0v) is 14.1. The lowest BCUT2D eigenvalue weighted by Gasteiger charge is -2.14. The van der Waals surface area contributed by atoms with Crippen LogP contribution in [0.15, 0.2) is 35.7 Å². The maximum absolute atomic E-state index is 12.4. The first-order valence-electron chi connectivity index (χ1n) is 7.26. The van der Waals surface area contributed by atoms with Crippen molar-refractivity contribution in [2.75, 3.05) is 11.9 Å². The van der Waals surface area contributed by atoms with Gasteiger partial charge in [-0.15, -0.1) is 11.3 Å². The van der Waals surface area contributed by atoms with Crippen LogP contribution < -0.4 is 5.32 Å². The van der Waals surface area contributed by atoms with Crippen molar-refractivity contribution >= 4 is 39.8 Å². The second-order valence-corrected chi connectivity index (χ2v) is 6.84. The number of anilines is 1. The highest BCUT2D eigenvalue weighted by Crippen LogP contribution is 2.49. The molecule has 2 aromatic rings. The van der Waals surface area contributed by atoms with Crippen LogP contribution in [-0.2, 0) is 19.7 Å².